The molecule has 0 unspecified atom stereocenters. The van der Waals surface area contributed by atoms with Gasteiger partial charge in [0.2, 0.25) is 0 Å². The number of benzene rings is 1. The van der Waals surface area contributed by atoms with Gasteiger partial charge >= 0.3 is 0 Å². The summed E-state index contributed by atoms with van der Waals surface area (Å²) in [7, 11) is 0. The van der Waals surface area contributed by atoms with Crippen molar-refractivity contribution in [2.45, 2.75) is 40.7 Å². The summed E-state index contributed by atoms with van der Waals surface area (Å²) in [6.45, 7) is 10.8. The van der Waals surface area contributed by atoms with E-state index in [0.29, 0.717) is 0 Å². The van der Waals surface area contributed by atoms with E-state index in [0.717, 1.165) is 19.5 Å². The highest BCUT2D eigenvalue weighted by Crippen LogP contribution is 2.19. The summed E-state index contributed by atoms with van der Waals surface area (Å²) in [4.78, 5) is 0. The van der Waals surface area contributed by atoms with Gasteiger partial charge in [-0.15, -0.1) is 0 Å². The van der Waals surface area contributed by atoms with Crippen LogP contribution in [0.15, 0.2) is 18.2 Å². The Labute approximate surface area is 105 Å². The number of aryl methyl sites for hydroxylation is 2. The van der Waals surface area contributed by atoms with Crippen LogP contribution in [0, 0.1) is 19.3 Å². The van der Waals surface area contributed by atoms with Crippen LogP contribution in [0.25, 0.3) is 0 Å². The van der Waals surface area contributed by atoms with Gasteiger partial charge in [-0.25, -0.2) is 0 Å². The maximum Gasteiger partial charge on any atom is 0.0436 e. The smallest absolute Gasteiger partial charge is 0.0436 e. The third-order valence-electron chi connectivity index (χ3n) is 3.34. The second-order valence-corrected chi connectivity index (χ2v) is 5.61. The van der Waals surface area contributed by atoms with Crippen LogP contribution in [0.3, 0.4) is 0 Å². The zero-order chi connectivity index (χ0) is 12.9. The lowest BCUT2D eigenvalue weighted by Crippen LogP contribution is -2.30. The van der Waals surface area contributed by atoms with E-state index in [4.69, 9.17) is 5.11 Å². The van der Waals surface area contributed by atoms with Crippen molar-refractivity contribution in [1.29, 1.82) is 0 Å². The molecule has 0 aliphatic rings. The fourth-order valence-corrected chi connectivity index (χ4v) is 2.04. The third-order valence-corrected chi connectivity index (χ3v) is 3.34. The van der Waals surface area contributed by atoms with E-state index in [1.807, 2.05) is 0 Å². The molecule has 0 bridgehead atoms. The Morgan fingerprint density at radius 1 is 1.18 bits per heavy atom. The molecule has 96 valence electrons. The molecule has 1 aromatic carbocycles. The van der Waals surface area contributed by atoms with Crippen molar-refractivity contribution in [2.75, 3.05) is 13.2 Å². The zero-order valence-electron chi connectivity index (χ0n) is 11.5. The predicted molar refractivity (Wildman–Crippen MR) is 73.1 cm³/mol. The summed E-state index contributed by atoms with van der Waals surface area (Å²) >= 11 is 0. The molecule has 0 saturated heterocycles. The lowest BCUT2D eigenvalue weighted by atomic mass is 9.89. The zero-order valence-corrected chi connectivity index (χ0v) is 11.5. The van der Waals surface area contributed by atoms with Crippen LogP contribution in [0.2, 0.25) is 0 Å². The minimum atomic E-state index is 0.158. The van der Waals surface area contributed by atoms with Crippen molar-refractivity contribution in [1.82, 2.24) is 5.32 Å². The minimum Gasteiger partial charge on any atom is -0.396 e. The number of rotatable bonds is 6. The molecular weight excluding hydrogens is 210 g/mol. The van der Waals surface area contributed by atoms with E-state index in [2.05, 4.69) is 51.2 Å². The number of nitrogens with one attached hydrogen (secondary N) is 1. The lowest BCUT2D eigenvalue weighted by Gasteiger charge is -2.24. The van der Waals surface area contributed by atoms with E-state index in [-0.39, 0.29) is 12.0 Å². The van der Waals surface area contributed by atoms with Crippen molar-refractivity contribution < 1.29 is 5.11 Å². The largest absolute Gasteiger partial charge is 0.396 e. The van der Waals surface area contributed by atoms with Crippen molar-refractivity contribution >= 4 is 0 Å². The van der Waals surface area contributed by atoms with Crippen molar-refractivity contribution in [3.05, 3.63) is 34.9 Å². The standard InChI is InChI=1S/C15H25NO/c1-12-6-5-7-13(2)14(12)10-16-11-15(3,4)8-9-17/h5-7,16-17H,8-11H2,1-4H3. The molecule has 0 amide bonds. The van der Waals surface area contributed by atoms with Crippen LogP contribution in [0.5, 0.6) is 0 Å². The van der Waals surface area contributed by atoms with Gasteiger partial charge in [0.25, 0.3) is 0 Å². The topological polar surface area (TPSA) is 32.3 Å². The Morgan fingerprint density at radius 3 is 2.29 bits per heavy atom. The molecular formula is C15H25NO. The van der Waals surface area contributed by atoms with Crippen LogP contribution in [-0.2, 0) is 6.54 Å². The number of hydrogen-bond acceptors (Lipinski definition) is 2. The van der Waals surface area contributed by atoms with Crippen LogP contribution in [0.4, 0.5) is 0 Å². The van der Waals surface area contributed by atoms with E-state index < -0.39 is 0 Å². The van der Waals surface area contributed by atoms with Crippen LogP contribution >= 0.6 is 0 Å². The molecule has 0 saturated carbocycles. The van der Waals surface area contributed by atoms with Crippen molar-refractivity contribution in [2.24, 2.45) is 5.41 Å². The quantitative estimate of drug-likeness (QED) is 0.794. The number of aliphatic hydroxyl groups is 1. The van der Waals surface area contributed by atoms with Gasteiger partial charge < -0.3 is 10.4 Å². The van der Waals surface area contributed by atoms with Gasteiger partial charge in [-0.05, 0) is 42.4 Å². The molecule has 0 aromatic heterocycles. The molecule has 0 radical (unpaired) electrons. The first kappa shape index (κ1) is 14.2. The van der Waals surface area contributed by atoms with Gasteiger partial charge in [-0.3, -0.25) is 0 Å². The second kappa shape index (κ2) is 6.18. The van der Waals surface area contributed by atoms with Gasteiger partial charge in [0.1, 0.15) is 0 Å². The summed E-state index contributed by atoms with van der Waals surface area (Å²) in [5.74, 6) is 0. The van der Waals surface area contributed by atoms with E-state index in [9.17, 15) is 0 Å². The molecule has 2 nitrogen and oxygen atoms in total. The Bertz CT molecular complexity index is 338. The molecule has 1 rings (SSSR count). The lowest BCUT2D eigenvalue weighted by molar-refractivity contribution is 0.207. The molecule has 17 heavy (non-hydrogen) atoms. The molecule has 0 atom stereocenters. The summed E-state index contributed by atoms with van der Waals surface area (Å²) in [5.41, 5.74) is 4.24. The Kier molecular flexibility index (Phi) is 5.16. The Morgan fingerprint density at radius 2 is 1.76 bits per heavy atom. The molecule has 0 aliphatic carbocycles. The summed E-state index contributed by atoms with van der Waals surface area (Å²) in [6, 6.07) is 6.41. The average molecular weight is 235 g/mol. The first-order chi connectivity index (χ1) is 7.96. The average Bonchev–Trinajstić information content (AvgIpc) is 2.22. The molecule has 2 N–H and O–H groups in total. The van der Waals surface area contributed by atoms with Crippen molar-refractivity contribution in [3.63, 3.8) is 0 Å². The molecule has 0 aliphatic heterocycles. The van der Waals surface area contributed by atoms with Gasteiger partial charge in [0, 0.05) is 19.7 Å². The van der Waals surface area contributed by atoms with Gasteiger partial charge in [0.15, 0.2) is 0 Å². The Balaban J connectivity index is 2.51. The summed E-state index contributed by atoms with van der Waals surface area (Å²) in [6.07, 6.45) is 0.840. The van der Waals surface area contributed by atoms with Crippen molar-refractivity contribution in [3.8, 4) is 0 Å². The number of hydrogen-bond donors (Lipinski definition) is 2. The highest BCUT2D eigenvalue weighted by atomic mass is 16.3. The predicted octanol–water partition coefficient (Wildman–Crippen LogP) is 2.80. The normalized spacial score (nSPS) is 11.8. The first-order valence-corrected chi connectivity index (χ1v) is 6.33. The fraction of sp³-hybridized carbons (Fsp3) is 0.600. The van der Waals surface area contributed by atoms with Crippen LogP contribution < -0.4 is 5.32 Å². The van der Waals surface area contributed by atoms with Crippen LogP contribution in [-0.4, -0.2) is 18.3 Å². The fourth-order valence-electron chi connectivity index (χ4n) is 2.04. The Hall–Kier alpha value is -0.860. The van der Waals surface area contributed by atoms with Gasteiger partial charge in [-0.1, -0.05) is 32.0 Å². The first-order valence-electron chi connectivity index (χ1n) is 6.33. The van der Waals surface area contributed by atoms with E-state index in [1.54, 1.807) is 0 Å². The molecule has 1 aromatic rings. The molecule has 2 heteroatoms. The monoisotopic (exact) mass is 235 g/mol. The second-order valence-electron chi connectivity index (χ2n) is 5.61. The van der Waals surface area contributed by atoms with E-state index in [1.165, 1.54) is 16.7 Å². The molecule has 0 fully saturated rings. The number of aliphatic hydroxyl groups excluding tert-OH is 1. The maximum absolute atomic E-state index is 8.98. The van der Waals surface area contributed by atoms with Gasteiger partial charge in [0.05, 0.1) is 0 Å². The summed E-state index contributed by atoms with van der Waals surface area (Å²) < 4.78 is 0. The third kappa shape index (κ3) is 4.49. The SMILES string of the molecule is Cc1cccc(C)c1CNCC(C)(C)CCO. The van der Waals surface area contributed by atoms with Crippen LogP contribution in [0.1, 0.15) is 37.0 Å². The summed E-state index contributed by atoms with van der Waals surface area (Å²) in [5, 5.41) is 12.5. The minimum absolute atomic E-state index is 0.158. The van der Waals surface area contributed by atoms with Gasteiger partial charge in [-0.2, -0.15) is 0 Å². The molecule has 0 spiro atoms. The highest BCUT2D eigenvalue weighted by molar-refractivity contribution is 5.33. The molecule has 0 heterocycles. The highest BCUT2D eigenvalue weighted by Gasteiger charge is 2.16. The maximum atomic E-state index is 8.98. The van der Waals surface area contributed by atoms with E-state index >= 15 is 0 Å².